The summed E-state index contributed by atoms with van der Waals surface area (Å²) in [5.41, 5.74) is 0. The van der Waals surface area contributed by atoms with Crippen LogP contribution in [0, 0.1) is 5.92 Å². The lowest BCUT2D eigenvalue weighted by Gasteiger charge is -2.14. The number of sulfonamides is 1. The van der Waals surface area contributed by atoms with Gasteiger partial charge in [-0.05, 0) is 12.8 Å². The van der Waals surface area contributed by atoms with E-state index in [1.54, 1.807) is 7.05 Å². The van der Waals surface area contributed by atoms with Gasteiger partial charge in [0.2, 0.25) is 10.0 Å². The van der Waals surface area contributed by atoms with Gasteiger partial charge < -0.3 is 4.74 Å². The third-order valence-corrected chi connectivity index (χ3v) is 3.84. The Bertz CT molecular complexity index is 313. The quantitative estimate of drug-likeness (QED) is 0.497. The first-order valence-corrected chi connectivity index (χ1v) is 7.13. The third kappa shape index (κ3) is 6.07. The fraction of sp³-hybridized carbons (Fsp3) is 0.900. The molecule has 0 bridgehead atoms. The number of methoxy groups -OCH3 is 1. The highest BCUT2D eigenvalue weighted by Gasteiger charge is 2.13. The maximum absolute atomic E-state index is 11.1. The van der Waals surface area contributed by atoms with E-state index in [0.717, 1.165) is 19.3 Å². The number of rotatable bonds is 7. The Morgan fingerprint density at radius 3 is 2.38 bits per heavy atom. The fourth-order valence-corrected chi connectivity index (χ4v) is 1.73. The lowest BCUT2D eigenvalue weighted by molar-refractivity contribution is -0.145. The molecule has 16 heavy (non-hydrogen) atoms. The molecule has 0 amide bonds. The number of ether oxygens (including phenoxy) is 1. The molecule has 96 valence electrons. The van der Waals surface area contributed by atoms with Gasteiger partial charge in [-0.15, -0.1) is 0 Å². The summed E-state index contributed by atoms with van der Waals surface area (Å²) in [4.78, 5) is 11.1. The number of hydrogen-bond acceptors (Lipinski definition) is 4. The first-order chi connectivity index (χ1) is 7.29. The van der Waals surface area contributed by atoms with Gasteiger partial charge >= 0.3 is 5.97 Å². The topological polar surface area (TPSA) is 63.7 Å². The van der Waals surface area contributed by atoms with Gasteiger partial charge in [0.25, 0.3) is 0 Å². The van der Waals surface area contributed by atoms with Crippen LogP contribution in [0.2, 0.25) is 0 Å². The molecule has 0 rings (SSSR count). The van der Waals surface area contributed by atoms with E-state index in [2.05, 4.69) is 4.74 Å². The van der Waals surface area contributed by atoms with Crippen LogP contribution in [-0.4, -0.2) is 45.7 Å². The lowest BCUT2D eigenvalue weighted by Crippen LogP contribution is -2.26. The molecule has 1 atom stereocenters. The molecule has 6 heteroatoms. The molecule has 0 N–H and O–H groups in total. The number of hydrogen-bond donors (Lipinski definition) is 0. The van der Waals surface area contributed by atoms with Gasteiger partial charge in [0.05, 0.1) is 19.3 Å². The molecule has 0 radical (unpaired) electrons. The van der Waals surface area contributed by atoms with Crippen LogP contribution in [0.15, 0.2) is 0 Å². The molecule has 0 fully saturated rings. The van der Waals surface area contributed by atoms with Crippen LogP contribution >= 0.6 is 0 Å². The maximum atomic E-state index is 11.1. The molecule has 0 aliphatic heterocycles. The highest BCUT2D eigenvalue weighted by atomic mass is 32.2. The van der Waals surface area contributed by atoms with Crippen molar-refractivity contribution in [2.24, 2.45) is 5.92 Å². The summed E-state index contributed by atoms with van der Waals surface area (Å²) in [6.07, 6.45) is 3.48. The zero-order valence-electron chi connectivity index (χ0n) is 10.4. The van der Waals surface area contributed by atoms with Crippen molar-refractivity contribution in [1.82, 2.24) is 4.31 Å². The molecule has 0 aromatic carbocycles. The van der Waals surface area contributed by atoms with E-state index < -0.39 is 10.0 Å². The van der Waals surface area contributed by atoms with Crippen molar-refractivity contribution in [2.75, 3.05) is 27.0 Å². The largest absolute Gasteiger partial charge is 0.469 e. The second-order valence-corrected chi connectivity index (χ2v) is 6.09. The average Bonchev–Trinajstić information content (AvgIpc) is 2.20. The molecule has 1 unspecified atom stereocenters. The summed E-state index contributed by atoms with van der Waals surface area (Å²) in [5, 5.41) is 0. The van der Waals surface area contributed by atoms with Crippen molar-refractivity contribution in [3.05, 3.63) is 0 Å². The van der Waals surface area contributed by atoms with E-state index in [-0.39, 0.29) is 11.9 Å². The summed E-state index contributed by atoms with van der Waals surface area (Å²) < 4.78 is 28.0. The Kier molecular flexibility index (Phi) is 6.59. The fourth-order valence-electron chi connectivity index (χ4n) is 1.27. The summed E-state index contributed by atoms with van der Waals surface area (Å²) >= 11 is 0. The van der Waals surface area contributed by atoms with Gasteiger partial charge in [-0.25, -0.2) is 12.7 Å². The Labute approximate surface area is 97.8 Å². The van der Waals surface area contributed by atoms with E-state index in [9.17, 15) is 13.2 Å². The number of nitrogens with zero attached hydrogens (tertiary/aromatic N) is 1. The molecular formula is C10H21NO4S. The molecule has 0 saturated heterocycles. The van der Waals surface area contributed by atoms with E-state index in [0.29, 0.717) is 6.54 Å². The van der Waals surface area contributed by atoms with E-state index in [1.807, 2.05) is 6.92 Å². The Hall–Kier alpha value is -0.620. The van der Waals surface area contributed by atoms with E-state index in [4.69, 9.17) is 0 Å². The van der Waals surface area contributed by atoms with Crippen molar-refractivity contribution in [3.63, 3.8) is 0 Å². The first kappa shape index (κ1) is 15.4. The van der Waals surface area contributed by atoms with Crippen molar-refractivity contribution in [1.29, 1.82) is 0 Å². The minimum Gasteiger partial charge on any atom is -0.469 e. The zero-order valence-corrected chi connectivity index (χ0v) is 11.2. The van der Waals surface area contributed by atoms with Crippen LogP contribution in [0.1, 0.15) is 26.2 Å². The smallest absolute Gasteiger partial charge is 0.308 e. The summed E-state index contributed by atoms with van der Waals surface area (Å²) in [6, 6.07) is 0. The van der Waals surface area contributed by atoms with Gasteiger partial charge in [-0.1, -0.05) is 13.3 Å². The Morgan fingerprint density at radius 2 is 1.94 bits per heavy atom. The SMILES string of the molecule is COC(=O)C(C)CCCCN(C)S(C)(=O)=O. The molecule has 0 spiro atoms. The second kappa shape index (κ2) is 6.85. The average molecular weight is 251 g/mol. The van der Waals surface area contributed by atoms with Crippen LogP contribution < -0.4 is 0 Å². The van der Waals surface area contributed by atoms with Gasteiger partial charge in [-0.2, -0.15) is 0 Å². The van der Waals surface area contributed by atoms with Crippen molar-refractivity contribution >= 4 is 16.0 Å². The van der Waals surface area contributed by atoms with Crippen LogP contribution in [0.4, 0.5) is 0 Å². The molecule has 0 saturated carbocycles. The standard InChI is InChI=1S/C10H21NO4S/c1-9(10(12)15-3)7-5-6-8-11(2)16(4,13)14/h9H,5-8H2,1-4H3. The number of carbonyl (C=O) groups is 1. The minimum atomic E-state index is -3.08. The van der Waals surface area contributed by atoms with Gasteiger partial charge in [-0.3, -0.25) is 4.79 Å². The highest BCUT2D eigenvalue weighted by molar-refractivity contribution is 7.88. The third-order valence-electron chi connectivity index (χ3n) is 2.53. The van der Waals surface area contributed by atoms with Gasteiger partial charge in [0.1, 0.15) is 0 Å². The van der Waals surface area contributed by atoms with Crippen LogP contribution in [0.25, 0.3) is 0 Å². The molecule has 0 aromatic heterocycles. The van der Waals surface area contributed by atoms with Crippen molar-refractivity contribution in [3.8, 4) is 0 Å². The van der Waals surface area contributed by atoms with Gasteiger partial charge in [0, 0.05) is 13.6 Å². The van der Waals surface area contributed by atoms with Crippen LogP contribution in [-0.2, 0) is 19.6 Å². The highest BCUT2D eigenvalue weighted by Crippen LogP contribution is 2.10. The van der Waals surface area contributed by atoms with Crippen molar-refractivity contribution < 1.29 is 17.9 Å². The van der Waals surface area contributed by atoms with Gasteiger partial charge in [0.15, 0.2) is 0 Å². The normalized spacial score (nSPS) is 13.8. The maximum Gasteiger partial charge on any atom is 0.308 e. The summed E-state index contributed by atoms with van der Waals surface area (Å²) in [7, 11) is -0.157. The first-order valence-electron chi connectivity index (χ1n) is 5.28. The molecule has 5 nitrogen and oxygen atoms in total. The molecular weight excluding hydrogens is 230 g/mol. The second-order valence-electron chi connectivity index (χ2n) is 4.00. The lowest BCUT2D eigenvalue weighted by atomic mass is 10.0. The summed E-state index contributed by atoms with van der Waals surface area (Å²) in [6.45, 7) is 2.30. The van der Waals surface area contributed by atoms with Crippen molar-refractivity contribution in [2.45, 2.75) is 26.2 Å². The molecule has 0 heterocycles. The molecule has 0 aromatic rings. The zero-order chi connectivity index (χ0) is 12.8. The van der Waals surface area contributed by atoms with Crippen LogP contribution in [0.5, 0.6) is 0 Å². The van der Waals surface area contributed by atoms with E-state index >= 15 is 0 Å². The monoisotopic (exact) mass is 251 g/mol. The van der Waals surface area contributed by atoms with Crippen LogP contribution in [0.3, 0.4) is 0 Å². The number of carbonyl (C=O) groups excluding carboxylic acids is 1. The Morgan fingerprint density at radius 1 is 1.38 bits per heavy atom. The molecule has 0 aliphatic carbocycles. The van der Waals surface area contributed by atoms with E-state index in [1.165, 1.54) is 17.7 Å². The number of esters is 1. The summed E-state index contributed by atoms with van der Waals surface area (Å²) in [5.74, 6) is -0.329. The number of unbranched alkanes of at least 4 members (excludes halogenated alkanes) is 1. The Balaban J connectivity index is 3.73. The minimum absolute atomic E-state index is 0.117. The predicted octanol–water partition coefficient (Wildman–Crippen LogP) is 0.857. The predicted molar refractivity (Wildman–Crippen MR) is 62.5 cm³/mol. The molecule has 0 aliphatic rings.